The fourth-order valence-electron chi connectivity index (χ4n) is 0.983. The summed E-state index contributed by atoms with van der Waals surface area (Å²) >= 11 is 0. The first-order chi connectivity index (χ1) is 5.38. The van der Waals surface area contributed by atoms with Crippen LogP contribution in [0.15, 0.2) is 36.3 Å². The molecule has 0 saturated carbocycles. The summed E-state index contributed by atoms with van der Waals surface area (Å²) in [7, 11) is 3.75. The van der Waals surface area contributed by atoms with E-state index in [1.807, 2.05) is 33.7 Å². The van der Waals surface area contributed by atoms with E-state index < -0.39 is 0 Å². The Morgan fingerprint density at radius 3 is 2.91 bits per heavy atom. The SMILES string of the molecule is C=CCC1=CSSC1CC=C. The van der Waals surface area contributed by atoms with Crippen LogP contribution >= 0.6 is 21.6 Å². The topological polar surface area (TPSA) is 0 Å². The van der Waals surface area contributed by atoms with E-state index in [1.54, 1.807) is 0 Å². The molecule has 0 aliphatic carbocycles. The molecular weight excluding hydrogens is 172 g/mol. The molecule has 1 rings (SSSR count). The molecule has 1 heterocycles. The standard InChI is InChI=1S/C9H12S2/c1-3-5-8-7-10-11-9(8)6-4-2/h3-4,7,9H,1-2,5-6H2. The zero-order valence-corrected chi connectivity index (χ0v) is 8.09. The Morgan fingerprint density at radius 1 is 1.45 bits per heavy atom. The molecule has 1 aliphatic heterocycles. The van der Waals surface area contributed by atoms with Gasteiger partial charge in [-0.3, -0.25) is 0 Å². The molecule has 1 atom stereocenters. The fraction of sp³-hybridized carbons (Fsp3) is 0.333. The summed E-state index contributed by atoms with van der Waals surface area (Å²) in [4.78, 5) is 0. The second-order valence-electron chi connectivity index (χ2n) is 2.39. The first kappa shape index (κ1) is 9.01. The summed E-state index contributed by atoms with van der Waals surface area (Å²) in [6, 6.07) is 0. The molecule has 0 fully saturated rings. The van der Waals surface area contributed by atoms with Crippen molar-refractivity contribution in [3.05, 3.63) is 36.3 Å². The molecule has 60 valence electrons. The monoisotopic (exact) mass is 184 g/mol. The van der Waals surface area contributed by atoms with Gasteiger partial charge in [-0.15, -0.1) is 13.2 Å². The highest BCUT2D eigenvalue weighted by Gasteiger charge is 2.17. The first-order valence-corrected chi connectivity index (χ1v) is 5.89. The molecular formula is C9H12S2. The molecule has 11 heavy (non-hydrogen) atoms. The summed E-state index contributed by atoms with van der Waals surface area (Å²) in [5, 5.41) is 2.89. The third-order valence-corrected chi connectivity index (χ3v) is 4.10. The van der Waals surface area contributed by atoms with Crippen molar-refractivity contribution in [1.29, 1.82) is 0 Å². The lowest BCUT2D eigenvalue weighted by atomic mass is 10.1. The lowest BCUT2D eigenvalue weighted by Gasteiger charge is -2.07. The molecule has 0 nitrogen and oxygen atoms in total. The Balaban J connectivity index is 2.47. The van der Waals surface area contributed by atoms with Gasteiger partial charge >= 0.3 is 0 Å². The maximum Gasteiger partial charge on any atom is 0.0409 e. The highest BCUT2D eigenvalue weighted by atomic mass is 33.1. The van der Waals surface area contributed by atoms with Gasteiger partial charge in [0.2, 0.25) is 0 Å². The van der Waals surface area contributed by atoms with E-state index in [1.165, 1.54) is 5.57 Å². The zero-order valence-electron chi connectivity index (χ0n) is 6.45. The number of allylic oxidation sites excluding steroid dienone is 2. The van der Waals surface area contributed by atoms with Crippen molar-refractivity contribution in [1.82, 2.24) is 0 Å². The molecule has 0 aromatic rings. The molecule has 0 radical (unpaired) electrons. The van der Waals surface area contributed by atoms with Crippen LogP contribution in [-0.2, 0) is 0 Å². The number of rotatable bonds is 4. The number of hydrogen-bond donors (Lipinski definition) is 0. The van der Waals surface area contributed by atoms with Crippen molar-refractivity contribution in [2.75, 3.05) is 0 Å². The molecule has 0 N–H and O–H groups in total. The van der Waals surface area contributed by atoms with Crippen molar-refractivity contribution in [2.45, 2.75) is 18.1 Å². The van der Waals surface area contributed by atoms with Gasteiger partial charge in [-0.2, -0.15) is 0 Å². The normalized spacial score (nSPS) is 22.9. The van der Waals surface area contributed by atoms with Crippen LogP contribution in [0.2, 0.25) is 0 Å². The average molecular weight is 184 g/mol. The molecule has 1 unspecified atom stereocenters. The predicted octanol–water partition coefficient (Wildman–Crippen LogP) is 3.79. The van der Waals surface area contributed by atoms with Crippen LogP contribution in [0.5, 0.6) is 0 Å². The Bertz CT molecular complexity index is 182. The zero-order chi connectivity index (χ0) is 8.10. The van der Waals surface area contributed by atoms with Crippen LogP contribution in [-0.4, -0.2) is 5.25 Å². The van der Waals surface area contributed by atoms with Gasteiger partial charge in [-0.1, -0.05) is 33.7 Å². The van der Waals surface area contributed by atoms with Gasteiger partial charge in [0.25, 0.3) is 0 Å². The van der Waals surface area contributed by atoms with E-state index in [4.69, 9.17) is 0 Å². The summed E-state index contributed by atoms with van der Waals surface area (Å²) in [6.07, 6.45) is 6.06. The van der Waals surface area contributed by atoms with Crippen LogP contribution in [0.25, 0.3) is 0 Å². The minimum atomic E-state index is 0.649. The van der Waals surface area contributed by atoms with E-state index in [0.29, 0.717) is 5.25 Å². The molecule has 0 amide bonds. The van der Waals surface area contributed by atoms with Crippen LogP contribution in [0.3, 0.4) is 0 Å². The molecule has 0 aromatic heterocycles. The smallest absolute Gasteiger partial charge is 0.0409 e. The minimum absolute atomic E-state index is 0.649. The maximum atomic E-state index is 3.74. The second kappa shape index (κ2) is 4.73. The van der Waals surface area contributed by atoms with E-state index in [-0.39, 0.29) is 0 Å². The summed E-state index contributed by atoms with van der Waals surface area (Å²) in [5.41, 5.74) is 1.50. The maximum absolute atomic E-state index is 3.74. The largest absolute Gasteiger partial charge is 0.103 e. The molecule has 0 saturated heterocycles. The molecule has 2 heteroatoms. The van der Waals surface area contributed by atoms with Gasteiger partial charge in [-0.25, -0.2) is 0 Å². The van der Waals surface area contributed by atoms with Crippen LogP contribution in [0.1, 0.15) is 12.8 Å². The third kappa shape index (κ3) is 2.46. The van der Waals surface area contributed by atoms with Gasteiger partial charge in [0.1, 0.15) is 0 Å². The van der Waals surface area contributed by atoms with Crippen molar-refractivity contribution in [3.8, 4) is 0 Å². The highest BCUT2D eigenvalue weighted by molar-refractivity contribution is 8.78. The first-order valence-electron chi connectivity index (χ1n) is 3.61. The molecule has 0 aromatic carbocycles. The Kier molecular flexibility index (Phi) is 3.87. The lowest BCUT2D eigenvalue weighted by Crippen LogP contribution is -1.99. The summed E-state index contributed by atoms with van der Waals surface area (Å²) < 4.78 is 0. The molecule has 1 aliphatic rings. The van der Waals surface area contributed by atoms with Gasteiger partial charge in [0, 0.05) is 5.25 Å². The van der Waals surface area contributed by atoms with Crippen LogP contribution < -0.4 is 0 Å². The van der Waals surface area contributed by atoms with E-state index in [0.717, 1.165) is 12.8 Å². The average Bonchev–Trinajstić information content (AvgIpc) is 2.39. The number of hydrogen-bond acceptors (Lipinski definition) is 2. The van der Waals surface area contributed by atoms with Crippen molar-refractivity contribution >= 4 is 21.6 Å². The molecule has 0 bridgehead atoms. The highest BCUT2D eigenvalue weighted by Crippen LogP contribution is 2.43. The quantitative estimate of drug-likeness (QED) is 0.481. The lowest BCUT2D eigenvalue weighted by molar-refractivity contribution is 0.975. The second-order valence-corrected chi connectivity index (χ2v) is 4.74. The minimum Gasteiger partial charge on any atom is -0.103 e. The van der Waals surface area contributed by atoms with Crippen molar-refractivity contribution in [2.24, 2.45) is 0 Å². The Morgan fingerprint density at radius 2 is 2.27 bits per heavy atom. The summed E-state index contributed by atoms with van der Waals surface area (Å²) in [6.45, 7) is 7.48. The van der Waals surface area contributed by atoms with Gasteiger partial charge < -0.3 is 0 Å². The van der Waals surface area contributed by atoms with Crippen molar-refractivity contribution < 1.29 is 0 Å². The predicted molar refractivity (Wildman–Crippen MR) is 56.7 cm³/mol. The van der Waals surface area contributed by atoms with Gasteiger partial charge in [-0.05, 0) is 23.8 Å². The van der Waals surface area contributed by atoms with E-state index in [9.17, 15) is 0 Å². The Labute approximate surface area is 76.2 Å². The van der Waals surface area contributed by atoms with E-state index >= 15 is 0 Å². The van der Waals surface area contributed by atoms with Crippen LogP contribution in [0, 0.1) is 0 Å². The van der Waals surface area contributed by atoms with Crippen molar-refractivity contribution in [3.63, 3.8) is 0 Å². The molecule has 0 spiro atoms. The van der Waals surface area contributed by atoms with Gasteiger partial charge in [0.15, 0.2) is 0 Å². The summed E-state index contributed by atoms with van der Waals surface area (Å²) in [5.74, 6) is 0. The van der Waals surface area contributed by atoms with Crippen LogP contribution in [0.4, 0.5) is 0 Å². The van der Waals surface area contributed by atoms with E-state index in [2.05, 4.69) is 18.6 Å². The third-order valence-electron chi connectivity index (χ3n) is 1.55. The fourth-order valence-corrected chi connectivity index (χ4v) is 3.69. The van der Waals surface area contributed by atoms with Gasteiger partial charge in [0.05, 0.1) is 0 Å². The Hall–Kier alpha value is -0.0800.